The van der Waals surface area contributed by atoms with Gasteiger partial charge in [0.15, 0.2) is 0 Å². The fourth-order valence-corrected chi connectivity index (χ4v) is 5.46. The van der Waals surface area contributed by atoms with Gasteiger partial charge in [-0.15, -0.1) is 0 Å². The molecule has 1 fully saturated rings. The molecule has 0 aromatic heterocycles. The molecular weight excluding hydrogens is 440 g/mol. The molecule has 5 heteroatoms. The molecule has 35 heavy (non-hydrogen) atoms. The van der Waals surface area contributed by atoms with Gasteiger partial charge in [-0.3, -0.25) is 0 Å². The van der Waals surface area contributed by atoms with Crippen LogP contribution in [0.4, 0.5) is 0 Å². The van der Waals surface area contributed by atoms with Gasteiger partial charge in [0.05, 0.1) is 33.9 Å². The molecule has 178 valence electrons. The summed E-state index contributed by atoms with van der Waals surface area (Å²) in [4.78, 5) is 0. The van der Waals surface area contributed by atoms with Crippen LogP contribution in [-0.2, 0) is 4.74 Å². The molecule has 2 heterocycles. The Labute approximate surface area is 205 Å². The first-order chi connectivity index (χ1) is 17.2. The summed E-state index contributed by atoms with van der Waals surface area (Å²) in [5.74, 6) is 4.66. The third-order valence-corrected chi connectivity index (χ3v) is 7.20. The lowest BCUT2D eigenvalue weighted by Gasteiger charge is -2.32. The largest absolute Gasteiger partial charge is 0.497 e. The van der Waals surface area contributed by atoms with Crippen LogP contribution in [0.5, 0.6) is 23.0 Å². The Hall–Kier alpha value is -3.86. The van der Waals surface area contributed by atoms with Crippen molar-refractivity contribution in [2.75, 3.05) is 27.9 Å². The number of hydrogen-bond acceptors (Lipinski definition) is 5. The van der Waals surface area contributed by atoms with Crippen molar-refractivity contribution in [3.8, 4) is 34.1 Å². The smallest absolute Gasteiger partial charge is 0.128 e. The highest BCUT2D eigenvalue weighted by Crippen LogP contribution is 2.50. The maximum Gasteiger partial charge on any atom is 0.128 e. The molecule has 6 rings (SSSR count). The van der Waals surface area contributed by atoms with Crippen LogP contribution in [0, 0.1) is 0 Å². The van der Waals surface area contributed by atoms with Crippen LogP contribution in [0.3, 0.4) is 0 Å². The number of ether oxygens (including phenoxy) is 5. The summed E-state index contributed by atoms with van der Waals surface area (Å²) in [7, 11) is 5.06. The number of methoxy groups -OCH3 is 3. The molecule has 1 aliphatic carbocycles. The van der Waals surface area contributed by atoms with Crippen molar-refractivity contribution in [2.45, 2.75) is 24.4 Å². The normalized spacial score (nSPS) is 21.9. The fourth-order valence-electron chi connectivity index (χ4n) is 5.46. The standard InChI is InChI=1S/C30H28O5/c1-31-21-7-4-6-18(13-21)24-8-5-9-26-30(24)25-16-27-19(14-29(25)35-26)12-20(17-34-27)23-11-10-22(32-2)15-28(23)33-3/h4-11,13-16,20,25,29H,12,17H2,1-3H3. The van der Waals surface area contributed by atoms with Crippen LogP contribution in [0.15, 0.2) is 84.1 Å². The summed E-state index contributed by atoms with van der Waals surface area (Å²) in [6.07, 6.45) is 5.32. The van der Waals surface area contributed by atoms with Gasteiger partial charge >= 0.3 is 0 Å². The van der Waals surface area contributed by atoms with E-state index in [2.05, 4.69) is 48.6 Å². The van der Waals surface area contributed by atoms with Gasteiger partial charge in [0.1, 0.15) is 34.9 Å². The van der Waals surface area contributed by atoms with Crippen molar-refractivity contribution < 1.29 is 23.7 Å². The predicted molar refractivity (Wildman–Crippen MR) is 135 cm³/mol. The molecule has 0 bridgehead atoms. The second kappa shape index (κ2) is 8.73. The fraction of sp³-hybridized carbons (Fsp3) is 0.267. The molecule has 3 aromatic carbocycles. The number of benzene rings is 3. The van der Waals surface area contributed by atoms with Gasteiger partial charge in [-0.05, 0) is 59.5 Å². The zero-order chi connectivity index (χ0) is 23.9. The van der Waals surface area contributed by atoms with Gasteiger partial charge in [-0.1, -0.05) is 30.3 Å². The molecule has 3 aromatic rings. The average molecular weight is 469 g/mol. The van der Waals surface area contributed by atoms with Gasteiger partial charge in [0.25, 0.3) is 0 Å². The van der Waals surface area contributed by atoms with Crippen LogP contribution in [0.1, 0.15) is 29.4 Å². The topological polar surface area (TPSA) is 46.2 Å². The quantitative estimate of drug-likeness (QED) is 0.443. The molecule has 2 aliphatic heterocycles. The van der Waals surface area contributed by atoms with E-state index in [0.717, 1.165) is 46.3 Å². The van der Waals surface area contributed by atoms with Crippen LogP contribution >= 0.6 is 0 Å². The molecule has 0 amide bonds. The Bertz CT molecular complexity index is 1340. The summed E-state index contributed by atoms with van der Waals surface area (Å²) < 4.78 is 29.3. The molecule has 0 N–H and O–H groups in total. The summed E-state index contributed by atoms with van der Waals surface area (Å²) in [6.45, 7) is 0.606. The van der Waals surface area contributed by atoms with Gasteiger partial charge in [-0.2, -0.15) is 0 Å². The molecule has 0 spiro atoms. The van der Waals surface area contributed by atoms with Crippen molar-refractivity contribution in [3.63, 3.8) is 0 Å². The second-order valence-electron chi connectivity index (χ2n) is 9.10. The Morgan fingerprint density at radius 2 is 1.66 bits per heavy atom. The minimum atomic E-state index is -0.0457. The minimum absolute atomic E-state index is 0.0457. The summed E-state index contributed by atoms with van der Waals surface area (Å²) in [5.41, 5.74) is 5.81. The average Bonchev–Trinajstić information content (AvgIpc) is 3.28. The monoisotopic (exact) mass is 468 g/mol. The van der Waals surface area contributed by atoms with Crippen molar-refractivity contribution >= 4 is 0 Å². The van der Waals surface area contributed by atoms with Crippen LogP contribution in [0.2, 0.25) is 0 Å². The summed E-state index contributed by atoms with van der Waals surface area (Å²) in [6, 6.07) is 20.4. The maximum atomic E-state index is 6.45. The highest BCUT2D eigenvalue weighted by atomic mass is 16.5. The molecular formula is C30H28O5. The molecule has 0 radical (unpaired) electrons. The van der Waals surface area contributed by atoms with Gasteiger partial charge in [0, 0.05) is 23.1 Å². The van der Waals surface area contributed by atoms with E-state index in [9.17, 15) is 0 Å². The summed E-state index contributed by atoms with van der Waals surface area (Å²) >= 11 is 0. The maximum absolute atomic E-state index is 6.45. The molecule has 0 saturated carbocycles. The lowest BCUT2D eigenvalue weighted by atomic mass is 9.81. The number of rotatable bonds is 5. The molecule has 5 nitrogen and oxygen atoms in total. The zero-order valence-electron chi connectivity index (χ0n) is 20.1. The molecule has 3 unspecified atom stereocenters. The van der Waals surface area contributed by atoms with E-state index < -0.39 is 0 Å². The van der Waals surface area contributed by atoms with Crippen LogP contribution in [-0.4, -0.2) is 34.0 Å². The first-order valence-corrected chi connectivity index (χ1v) is 11.9. The SMILES string of the molecule is COc1cccc(-c2cccc3c2C2C=C4OCC(c5ccc(OC)cc5OC)CC4=CC2O3)c1. The molecule has 1 saturated heterocycles. The third-order valence-electron chi connectivity index (χ3n) is 7.20. The summed E-state index contributed by atoms with van der Waals surface area (Å²) in [5, 5.41) is 0. The van der Waals surface area contributed by atoms with E-state index in [1.165, 1.54) is 16.7 Å². The Balaban J connectivity index is 1.31. The number of allylic oxidation sites excluding steroid dienone is 1. The van der Waals surface area contributed by atoms with Crippen molar-refractivity contribution in [1.82, 2.24) is 0 Å². The van der Waals surface area contributed by atoms with E-state index in [1.54, 1.807) is 21.3 Å². The van der Waals surface area contributed by atoms with Gasteiger partial charge < -0.3 is 23.7 Å². The predicted octanol–water partition coefficient (Wildman–Crippen LogP) is 6.25. The first kappa shape index (κ1) is 21.7. The zero-order valence-corrected chi connectivity index (χ0v) is 20.1. The van der Waals surface area contributed by atoms with Gasteiger partial charge in [0.2, 0.25) is 0 Å². The van der Waals surface area contributed by atoms with Crippen molar-refractivity contribution in [2.24, 2.45) is 0 Å². The van der Waals surface area contributed by atoms with E-state index in [0.29, 0.717) is 6.61 Å². The van der Waals surface area contributed by atoms with E-state index in [1.807, 2.05) is 24.3 Å². The highest BCUT2D eigenvalue weighted by molar-refractivity contribution is 5.74. The Morgan fingerprint density at radius 3 is 2.49 bits per heavy atom. The Kier molecular flexibility index (Phi) is 5.40. The first-order valence-electron chi connectivity index (χ1n) is 11.9. The molecule has 3 atom stereocenters. The van der Waals surface area contributed by atoms with Crippen molar-refractivity contribution in [1.29, 1.82) is 0 Å². The van der Waals surface area contributed by atoms with E-state index in [-0.39, 0.29) is 17.9 Å². The minimum Gasteiger partial charge on any atom is -0.497 e. The highest BCUT2D eigenvalue weighted by Gasteiger charge is 2.39. The van der Waals surface area contributed by atoms with Gasteiger partial charge in [-0.25, -0.2) is 0 Å². The Morgan fingerprint density at radius 1 is 0.829 bits per heavy atom. The van der Waals surface area contributed by atoms with Crippen LogP contribution < -0.4 is 18.9 Å². The third kappa shape index (κ3) is 3.72. The van der Waals surface area contributed by atoms with E-state index >= 15 is 0 Å². The number of fused-ring (bicyclic) bond motifs is 4. The van der Waals surface area contributed by atoms with E-state index in [4.69, 9.17) is 23.7 Å². The second-order valence-corrected chi connectivity index (χ2v) is 9.10. The lowest BCUT2D eigenvalue weighted by Crippen LogP contribution is -2.25. The number of hydrogen-bond donors (Lipinski definition) is 0. The molecule has 3 aliphatic rings. The van der Waals surface area contributed by atoms with Crippen molar-refractivity contribution in [3.05, 3.63) is 95.3 Å². The lowest BCUT2D eigenvalue weighted by molar-refractivity contribution is 0.163. The van der Waals surface area contributed by atoms with Crippen LogP contribution in [0.25, 0.3) is 11.1 Å².